The first kappa shape index (κ1) is 11.5. The number of nitrogens with zero attached hydrogens (tertiary/aromatic N) is 1. The van der Waals surface area contributed by atoms with Crippen LogP contribution in [0.15, 0.2) is 0 Å². The zero-order valence-corrected chi connectivity index (χ0v) is 9.38. The first-order chi connectivity index (χ1) is 6.72. The molecule has 1 heterocycles. The Morgan fingerprint density at radius 3 is 2.57 bits per heavy atom. The maximum Gasteiger partial charge on any atom is 0.0691 e. The Labute approximate surface area is 87.3 Å². The van der Waals surface area contributed by atoms with Crippen molar-refractivity contribution in [3.8, 4) is 6.07 Å². The first-order valence-electron chi connectivity index (χ1n) is 5.71. The van der Waals surface area contributed by atoms with E-state index in [1.54, 1.807) is 0 Å². The van der Waals surface area contributed by atoms with Crippen LogP contribution < -0.4 is 0 Å². The lowest BCUT2D eigenvalue weighted by Crippen LogP contribution is -2.29. The van der Waals surface area contributed by atoms with Crippen LogP contribution in [0.25, 0.3) is 0 Å². The van der Waals surface area contributed by atoms with E-state index in [9.17, 15) is 5.26 Å². The molecular weight excluding hydrogens is 174 g/mol. The minimum absolute atomic E-state index is 0.0766. The van der Waals surface area contributed by atoms with Gasteiger partial charge in [-0.1, -0.05) is 26.7 Å². The van der Waals surface area contributed by atoms with Crippen LogP contribution in [0.1, 0.15) is 46.0 Å². The van der Waals surface area contributed by atoms with E-state index in [0.717, 1.165) is 32.5 Å². The molecule has 1 aliphatic rings. The van der Waals surface area contributed by atoms with Crippen molar-refractivity contribution in [1.82, 2.24) is 0 Å². The Kier molecular flexibility index (Phi) is 4.41. The summed E-state index contributed by atoms with van der Waals surface area (Å²) in [5, 5.41) is 9.25. The van der Waals surface area contributed by atoms with Crippen molar-refractivity contribution in [2.45, 2.75) is 46.0 Å². The monoisotopic (exact) mass is 195 g/mol. The summed E-state index contributed by atoms with van der Waals surface area (Å²) >= 11 is 0. The van der Waals surface area contributed by atoms with Gasteiger partial charge >= 0.3 is 0 Å². The van der Waals surface area contributed by atoms with Gasteiger partial charge in [-0.15, -0.1) is 0 Å². The summed E-state index contributed by atoms with van der Waals surface area (Å²) in [5.74, 6) is 0.678. The predicted molar refractivity (Wildman–Crippen MR) is 56.8 cm³/mol. The molecule has 1 saturated heterocycles. The van der Waals surface area contributed by atoms with Crippen LogP contribution in [-0.2, 0) is 4.74 Å². The highest BCUT2D eigenvalue weighted by Crippen LogP contribution is 2.37. The van der Waals surface area contributed by atoms with Crippen molar-refractivity contribution >= 4 is 0 Å². The molecule has 1 unspecified atom stereocenters. The maximum atomic E-state index is 9.25. The second kappa shape index (κ2) is 5.36. The Bertz CT molecular complexity index is 201. The first-order valence-corrected chi connectivity index (χ1v) is 5.71. The fraction of sp³-hybridized carbons (Fsp3) is 0.917. The van der Waals surface area contributed by atoms with Crippen LogP contribution >= 0.6 is 0 Å². The summed E-state index contributed by atoms with van der Waals surface area (Å²) in [4.78, 5) is 0. The number of hydrogen-bond acceptors (Lipinski definition) is 2. The maximum absolute atomic E-state index is 9.25. The number of ether oxygens (including phenoxy) is 1. The Morgan fingerprint density at radius 1 is 1.43 bits per heavy atom. The molecular formula is C12H21NO. The molecule has 2 heteroatoms. The minimum Gasteiger partial charge on any atom is -0.381 e. The third-order valence-electron chi connectivity index (χ3n) is 3.21. The lowest BCUT2D eigenvalue weighted by molar-refractivity contribution is 0.0303. The van der Waals surface area contributed by atoms with Crippen LogP contribution in [0.3, 0.4) is 0 Å². The summed E-state index contributed by atoms with van der Waals surface area (Å²) in [7, 11) is 0. The van der Waals surface area contributed by atoms with Gasteiger partial charge in [-0.25, -0.2) is 0 Å². The average Bonchev–Trinajstić information content (AvgIpc) is 2.19. The van der Waals surface area contributed by atoms with Crippen LogP contribution in [0.4, 0.5) is 0 Å². The van der Waals surface area contributed by atoms with Gasteiger partial charge < -0.3 is 4.74 Å². The van der Waals surface area contributed by atoms with E-state index in [0.29, 0.717) is 5.92 Å². The normalized spacial score (nSPS) is 22.6. The van der Waals surface area contributed by atoms with Crippen molar-refractivity contribution in [2.24, 2.45) is 11.3 Å². The van der Waals surface area contributed by atoms with Gasteiger partial charge in [-0.3, -0.25) is 0 Å². The smallest absolute Gasteiger partial charge is 0.0691 e. The van der Waals surface area contributed by atoms with E-state index in [-0.39, 0.29) is 5.41 Å². The fourth-order valence-corrected chi connectivity index (χ4v) is 2.39. The van der Waals surface area contributed by atoms with E-state index in [4.69, 9.17) is 4.74 Å². The summed E-state index contributed by atoms with van der Waals surface area (Å²) in [6.07, 6.45) is 5.37. The predicted octanol–water partition coefficient (Wildman–Crippen LogP) is 3.13. The largest absolute Gasteiger partial charge is 0.381 e. The highest BCUT2D eigenvalue weighted by atomic mass is 16.5. The standard InChI is InChI=1S/C12H21NO/c1-3-4-11(2)9-12(10-13)5-7-14-8-6-12/h11H,3-9H2,1-2H3. The lowest BCUT2D eigenvalue weighted by Gasteiger charge is -2.32. The molecule has 0 aromatic heterocycles. The summed E-state index contributed by atoms with van der Waals surface area (Å²) in [6, 6.07) is 2.53. The molecule has 0 aromatic rings. The van der Waals surface area contributed by atoms with E-state index in [1.807, 2.05) is 0 Å². The van der Waals surface area contributed by atoms with Gasteiger partial charge in [0.05, 0.1) is 11.5 Å². The Balaban J connectivity index is 2.48. The highest BCUT2D eigenvalue weighted by molar-refractivity contribution is 5.00. The Hall–Kier alpha value is -0.550. The summed E-state index contributed by atoms with van der Waals surface area (Å²) in [6.45, 7) is 6.01. The van der Waals surface area contributed by atoms with Gasteiger partial charge in [0, 0.05) is 13.2 Å². The van der Waals surface area contributed by atoms with Crippen LogP contribution in [0.5, 0.6) is 0 Å². The molecule has 80 valence electrons. The molecule has 0 N–H and O–H groups in total. The van der Waals surface area contributed by atoms with Gasteiger partial charge in [-0.2, -0.15) is 5.26 Å². The summed E-state index contributed by atoms with van der Waals surface area (Å²) in [5.41, 5.74) is -0.0766. The van der Waals surface area contributed by atoms with E-state index in [2.05, 4.69) is 19.9 Å². The minimum atomic E-state index is -0.0766. The molecule has 1 fully saturated rings. The van der Waals surface area contributed by atoms with E-state index >= 15 is 0 Å². The number of rotatable bonds is 4. The molecule has 0 radical (unpaired) electrons. The number of hydrogen-bond donors (Lipinski definition) is 0. The van der Waals surface area contributed by atoms with Crippen molar-refractivity contribution in [1.29, 1.82) is 5.26 Å². The molecule has 0 aliphatic carbocycles. The highest BCUT2D eigenvalue weighted by Gasteiger charge is 2.33. The molecule has 14 heavy (non-hydrogen) atoms. The summed E-state index contributed by atoms with van der Waals surface area (Å²) < 4.78 is 5.32. The van der Waals surface area contributed by atoms with Crippen molar-refractivity contribution in [3.05, 3.63) is 0 Å². The second-order valence-corrected chi connectivity index (χ2v) is 4.60. The van der Waals surface area contributed by atoms with Gasteiger partial charge in [0.1, 0.15) is 0 Å². The van der Waals surface area contributed by atoms with Crippen LogP contribution in [0, 0.1) is 22.7 Å². The third kappa shape index (κ3) is 2.99. The van der Waals surface area contributed by atoms with Gasteiger partial charge in [0.15, 0.2) is 0 Å². The van der Waals surface area contributed by atoms with Gasteiger partial charge in [-0.05, 0) is 25.2 Å². The molecule has 0 bridgehead atoms. The van der Waals surface area contributed by atoms with Crippen molar-refractivity contribution < 1.29 is 4.74 Å². The Morgan fingerprint density at radius 2 is 2.07 bits per heavy atom. The van der Waals surface area contributed by atoms with Crippen LogP contribution in [0.2, 0.25) is 0 Å². The second-order valence-electron chi connectivity index (χ2n) is 4.60. The van der Waals surface area contributed by atoms with Crippen molar-refractivity contribution in [3.63, 3.8) is 0 Å². The lowest BCUT2D eigenvalue weighted by atomic mass is 9.74. The van der Waals surface area contributed by atoms with Crippen LogP contribution in [-0.4, -0.2) is 13.2 Å². The molecule has 0 saturated carbocycles. The average molecular weight is 195 g/mol. The zero-order chi connectivity index (χ0) is 10.4. The van der Waals surface area contributed by atoms with Crippen molar-refractivity contribution in [2.75, 3.05) is 13.2 Å². The third-order valence-corrected chi connectivity index (χ3v) is 3.21. The molecule has 1 atom stereocenters. The fourth-order valence-electron chi connectivity index (χ4n) is 2.39. The quantitative estimate of drug-likeness (QED) is 0.690. The number of nitriles is 1. The van der Waals surface area contributed by atoms with Gasteiger partial charge in [0.2, 0.25) is 0 Å². The van der Waals surface area contributed by atoms with E-state index < -0.39 is 0 Å². The zero-order valence-electron chi connectivity index (χ0n) is 9.38. The molecule has 2 nitrogen and oxygen atoms in total. The topological polar surface area (TPSA) is 33.0 Å². The van der Waals surface area contributed by atoms with E-state index in [1.165, 1.54) is 12.8 Å². The SMILES string of the molecule is CCCC(C)CC1(C#N)CCOCC1. The molecule has 0 amide bonds. The molecule has 0 aromatic carbocycles. The molecule has 1 aliphatic heterocycles. The molecule has 0 spiro atoms. The molecule has 1 rings (SSSR count). The van der Waals surface area contributed by atoms with Gasteiger partial charge in [0.25, 0.3) is 0 Å².